The van der Waals surface area contributed by atoms with Crippen molar-refractivity contribution in [1.82, 2.24) is 9.55 Å². The number of carbonyl (C=O) groups is 1. The first-order chi connectivity index (χ1) is 12.1. The van der Waals surface area contributed by atoms with Gasteiger partial charge in [-0.1, -0.05) is 30.3 Å². The number of fused-ring (bicyclic) bond motifs is 3. The van der Waals surface area contributed by atoms with Crippen LogP contribution in [0.25, 0.3) is 10.2 Å². The normalized spacial score (nSPS) is 13.3. The van der Waals surface area contributed by atoms with Crippen LogP contribution in [0.15, 0.2) is 35.1 Å². The molecule has 3 aromatic rings. The second-order valence-electron chi connectivity index (χ2n) is 6.33. The summed E-state index contributed by atoms with van der Waals surface area (Å²) in [5.74, 6) is -0.266. The third-order valence-corrected chi connectivity index (χ3v) is 5.84. The highest BCUT2D eigenvalue weighted by atomic mass is 32.1. The summed E-state index contributed by atoms with van der Waals surface area (Å²) >= 11 is 1.62. The lowest BCUT2D eigenvalue weighted by Gasteiger charge is -2.12. The molecule has 1 aromatic carbocycles. The van der Waals surface area contributed by atoms with Crippen molar-refractivity contribution in [2.24, 2.45) is 0 Å². The van der Waals surface area contributed by atoms with Gasteiger partial charge in [0.05, 0.1) is 11.8 Å². The molecule has 0 radical (unpaired) electrons. The average molecular weight is 354 g/mol. The number of benzene rings is 1. The Hall–Kier alpha value is -2.47. The molecule has 0 unspecified atom stereocenters. The van der Waals surface area contributed by atoms with E-state index in [9.17, 15) is 9.59 Å². The van der Waals surface area contributed by atoms with Crippen molar-refractivity contribution in [3.8, 4) is 0 Å². The van der Waals surface area contributed by atoms with Crippen LogP contribution in [0.1, 0.15) is 34.7 Å². The summed E-state index contributed by atoms with van der Waals surface area (Å²) in [6, 6.07) is 9.83. The van der Waals surface area contributed by atoms with Crippen LogP contribution < -0.4 is 5.56 Å². The first-order valence-electron chi connectivity index (χ1n) is 8.43. The lowest BCUT2D eigenvalue weighted by molar-refractivity contribution is -0.137. The maximum absolute atomic E-state index is 13.1. The van der Waals surface area contributed by atoms with E-state index in [2.05, 4.69) is 0 Å². The number of carboxylic acids is 1. The third-order valence-electron chi connectivity index (χ3n) is 4.66. The Labute approximate surface area is 148 Å². The quantitative estimate of drug-likeness (QED) is 0.764. The van der Waals surface area contributed by atoms with E-state index in [4.69, 9.17) is 10.1 Å². The number of thiophene rings is 1. The highest BCUT2D eigenvalue weighted by molar-refractivity contribution is 7.18. The van der Waals surface area contributed by atoms with Gasteiger partial charge in [-0.2, -0.15) is 0 Å². The largest absolute Gasteiger partial charge is 0.481 e. The molecule has 0 amide bonds. The molecular formula is C19H18N2O3S. The Balaban J connectivity index is 1.86. The standard InChI is InChI=1S/C19H18N2O3S/c22-16(23)9-10-21-15(11-12-5-2-1-3-6-12)20-18-17(19(21)24)13-7-4-8-14(13)25-18/h1-3,5-6H,4,7-11H2,(H,22,23). The minimum absolute atomic E-state index is 0.0821. The maximum Gasteiger partial charge on any atom is 0.305 e. The topological polar surface area (TPSA) is 72.2 Å². The molecular weight excluding hydrogens is 336 g/mol. The van der Waals surface area contributed by atoms with E-state index >= 15 is 0 Å². The summed E-state index contributed by atoms with van der Waals surface area (Å²) in [5, 5.41) is 9.75. The van der Waals surface area contributed by atoms with Crippen LogP contribution in [0.2, 0.25) is 0 Å². The molecule has 0 spiro atoms. The minimum Gasteiger partial charge on any atom is -0.481 e. The summed E-state index contributed by atoms with van der Waals surface area (Å²) in [6.07, 6.45) is 3.45. The predicted octanol–water partition coefficient (Wildman–Crippen LogP) is 3.01. The van der Waals surface area contributed by atoms with Gasteiger partial charge >= 0.3 is 5.97 Å². The lowest BCUT2D eigenvalue weighted by atomic mass is 10.1. The summed E-state index contributed by atoms with van der Waals surface area (Å²) in [5.41, 5.74) is 2.10. The van der Waals surface area contributed by atoms with Gasteiger partial charge in [-0.05, 0) is 30.4 Å². The number of rotatable bonds is 5. The van der Waals surface area contributed by atoms with Gasteiger partial charge < -0.3 is 5.11 Å². The summed E-state index contributed by atoms with van der Waals surface area (Å²) in [6.45, 7) is 0.157. The summed E-state index contributed by atoms with van der Waals surface area (Å²) in [7, 11) is 0. The number of aromatic nitrogens is 2. The number of hydrogen-bond acceptors (Lipinski definition) is 4. The van der Waals surface area contributed by atoms with E-state index in [0.717, 1.165) is 35.2 Å². The Bertz CT molecular complexity index is 1000. The van der Waals surface area contributed by atoms with Crippen molar-refractivity contribution >= 4 is 27.5 Å². The second kappa shape index (κ2) is 6.44. The van der Waals surface area contributed by atoms with Crippen molar-refractivity contribution in [3.63, 3.8) is 0 Å². The van der Waals surface area contributed by atoms with E-state index < -0.39 is 5.97 Å². The van der Waals surface area contributed by atoms with Gasteiger partial charge in [0.2, 0.25) is 0 Å². The second-order valence-corrected chi connectivity index (χ2v) is 7.41. The van der Waals surface area contributed by atoms with Gasteiger partial charge in [0.25, 0.3) is 5.56 Å². The van der Waals surface area contributed by atoms with Gasteiger partial charge in [0.15, 0.2) is 0 Å². The van der Waals surface area contributed by atoms with Crippen LogP contribution in [-0.4, -0.2) is 20.6 Å². The van der Waals surface area contributed by atoms with Crippen LogP contribution in [0, 0.1) is 0 Å². The highest BCUT2D eigenvalue weighted by Crippen LogP contribution is 2.34. The molecule has 25 heavy (non-hydrogen) atoms. The van der Waals surface area contributed by atoms with Crippen LogP contribution in [-0.2, 0) is 30.6 Å². The molecule has 2 aromatic heterocycles. The zero-order chi connectivity index (χ0) is 17.4. The molecule has 0 bridgehead atoms. The molecule has 0 atom stereocenters. The molecule has 1 N–H and O–H groups in total. The number of aryl methyl sites for hydroxylation is 2. The Morgan fingerprint density at radius 1 is 1.24 bits per heavy atom. The van der Waals surface area contributed by atoms with Crippen LogP contribution >= 0.6 is 11.3 Å². The van der Waals surface area contributed by atoms with Crippen LogP contribution in [0.4, 0.5) is 0 Å². The summed E-state index contributed by atoms with van der Waals surface area (Å²) < 4.78 is 1.56. The van der Waals surface area contributed by atoms with E-state index in [1.807, 2.05) is 30.3 Å². The Morgan fingerprint density at radius 2 is 2.04 bits per heavy atom. The van der Waals surface area contributed by atoms with Crippen molar-refractivity contribution in [2.45, 2.75) is 38.6 Å². The molecule has 0 saturated heterocycles. The van der Waals surface area contributed by atoms with Crippen molar-refractivity contribution in [3.05, 3.63) is 62.5 Å². The first kappa shape index (κ1) is 16.0. The van der Waals surface area contributed by atoms with E-state index in [-0.39, 0.29) is 18.5 Å². The smallest absolute Gasteiger partial charge is 0.305 e. The molecule has 6 heteroatoms. The molecule has 1 aliphatic rings. The molecule has 0 aliphatic heterocycles. The lowest BCUT2D eigenvalue weighted by Crippen LogP contribution is -2.26. The number of nitrogens with zero attached hydrogens (tertiary/aromatic N) is 2. The predicted molar refractivity (Wildman–Crippen MR) is 97.4 cm³/mol. The van der Waals surface area contributed by atoms with Crippen LogP contribution in [0.3, 0.4) is 0 Å². The molecule has 1 aliphatic carbocycles. The molecule has 0 fully saturated rings. The number of aliphatic carboxylic acids is 1. The van der Waals surface area contributed by atoms with Crippen molar-refractivity contribution in [1.29, 1.82) is 0 Å². The maximum atomic E-state index is 13.1. The Morgan fingerprint density at radius 3 is 2.80 bits per heavy atom. The minimum atomic E-state index is -0.909. The zero-order valence-corrected chi connectivity index (χ0v) is 14.5. The fourth-order valence-electron chi connectivity index (χ4n) is 3.47. The molecule has 2 heterocycles. The van der Waals surface area contributed by atoms with E-state index in [1.165, 1.54) is 4.88 Å². The van der Waals surface area contributed by atoms with Gasteiger partial charge in [0.1, 0.15) is 10.7 Å². The fraction of sp³-hybridized carbons (Fsp3) is 0.316. The number of carboxylic acid groups (broad SMARTS) is 1. The highest BCUT2D eigenvalue weighted by Gasteiger charge is 2.23. The zero-order valence-electron chi connectivity index (χ0n) is 13.7. The first-order valence-corrected chi connectivity index (χ1v) is 9.25. The van der Waals surface area contributed by atoms with Gasteiger partial charge in [-0.25, -0.2) is 4.98 Å². The van der Waals surface area contributed by atoms with Crippen LogP contribution in [0.5, 0.6) is 0 Å². The molecule has 4 rings (SSSR count). The summed E-state index contributed by atoms with van der Waals surface area (Å²) in [4.78, 5) is 31.0. The molecule has 0 saturated carbocycles. The molecule has 128 valence electrons. The van der Waals surface area contributed by atoms with E-state index in [1.54, 1.807) is 15.9 Å². The van der Waals surface area contributed by atoms with Gasteiger partial charge in [-0.3, -0.25) is 14.2 Å². The molecule has 5 nitrogen and oxygen atoms in total. The van der Waals surface area contributed by atoms with Crippen molar-refractivity contribution in [2.75, 3.05) is 0 Å². The van der Waals surface area contributed by atoms with Gasteiger partial charge in [0, 0.05) is 17.8 Å². The monoisotopic (exact) mass is 354 g/mol. The van der Waals surface area contributed by atoms with Crippen molar-refractivity contribution < 1.29 is 9.90 Å². The SMILES string of the molecule is O=C(O)CCn1c(Cc2ccccc2)nc2sc3c(c2c1=O)CCC3. The van der Waals surface area contributed by atoms with Gasteiger partial charge in [-0.15, -0.1) is 11.3 Å². The number of hydrogen-bond donors (Lipinski definition) is 1. The average Bonchev–Trinajstić information content (AvgIpc) is 3.15. The fourth-order valence-corrected chi connectivity index (χ4v) is 4.74. The third kappa shape index (κ3) is 2.98. The van der Waals surface area contributed by atoms with E-state index in [0.29, 0.717) is 17.6 Å². The Kier molecular flexibility index (Phi) is 4.13.